The van der Waals surface area contributed by atoms with Crippen molar-refractivity contribution in [3.8, 4) is 11.3 Å². The number of benzene rings is 2. The monoisotopic (exact) mass is 771 g/mol. The number of fused-ring (bicyclic) bond motifs is 8. The lowest BCUT2D eigenvalue weighted by Crippen LogP contribution is -2.55. The number of hydrogen-bond donors (Lipinski definition) is 2. The molecule has 2 N–H and O–H groups in total. The SMILES string of the molecule is CCOC(=O)N(CC1CCCO1)CC1(O)CCC2c3ccc(cc3C(=O)c3ccc(-c4cc(C(F)(F)F)ccc4Cl)o3)CC(O)CCC(C)=CCCC21C. The molecule has 3 aromatic rings. The van der Waals surface area contributed by atoms with E-state index in [0.29, 0.717) is 69.2 Å². The molecule has 2 fully saturated rings. The molecule has 0 radical (unpaired) electrons. The zero-order chi connectivity index (χ0) is 38.8. The summed E-state index contributed by atoms with van der Waals surface area (Å²) in [5.41, 5.74) is -0.209. The topological polar surface area (TPSA) is 109 Å². The van der Waals surface area contributed by atoms with Crippen LogP contribution in [0.2, 0.25) is 5.02 Å². The number of furan rings is 1. The van der Waals surface area contributed by atoms with Crippen molar-refractivity contribution in [2.75, 3.05) is 26.3 Å². The number of allylic oxidation sites excluding steroid dienone is 2. The number of rotatable bonds is 8. The fourth-order valence-electron chi connectivity index (χ4n) is 8.59. The fourth-order valence-corrected chi connectivity index (χ4v) is 8.80. The summed E-state index contributed by atoms with van der Waals surface area (Å²) in [4.78, 5) is 29.5. The van der Waals surface area contributed by atoms with Crippen molar-refractivity contribution in [3.63, 3.8) is 0 Å². The molecule has 292 valence electrons. The molecule has 2 heterocycles. The van der Waals surface area contributed by atoms with Crippen LogP contribution in [0.15, 0.2) is 64.6 Å². The predicted molar refractivity (Wildman–Crippen MR) is 199 cm³/mol. The van der Waals surface area contributed by atoms with E-state index in [1.54, 1.807) is 17.9 Å². The van der Waals surface area contributed by atoms with E-state index in [2.05, 4.69) is 6.08 Å². The second kappa shape index (κ2) is 16.2. The third-order valence-electron chi connectivity index (χ3n) is 11.7. The first-order valence-corrected chi connectivity index (χ1v) is 19.2. The van der Waals surface area contributed by atoms with E-state index >= 15 is 0 Å². The molecule has 1 amide bonds. The van der Waals surface area contributed by atoms with Crippen molar-refractivity contribution in [2.24, 2.45) is 5.41 Å². The second-order valence-electron chi connectivity index (χ2n) is 15.3. The van der Waals surface area contributed by atoms with Crippen LogP contribution in [-0.4, -0.2) is 71.1 Å². The molecule has 3 aliphatic carbocycles. The maximum atomic E-state index is 14.5. The molecule has 4 aliphatic rings. The summed E-state index contributed by atoms with van der Waals surface area (Å²) in [6.07, 6.45) is 1.46. The number of aliphatic hydroxyl groups excluding tert-OH is 1. The normalized spacial score (nSPS) is 26.2. The Bertz CT molecular complexity index is 1870. The first kappa shape index (κ1) is 40.0. The van der Waals surface area contributed by atoms with Crippen LogP contribution in [0.5, 0.6) is 0 Å². The summed E-state index contributed by atoms with van der Waals surface area (Å²) < 4.78 is 58.0. The molecule has 1 saturated heterocycles. The molecular weight excluding hydrogens is 723 g/mol. The van der Waals surface area contributed by atoms with Gasteiger partial charge >= 0.3 is 12.3 Å². The molecule has 0 spiro atoms. The smallest absolute Gasteiger partial charge is 0.416 e. The van der Waals surface area contributed by atoms with Crippen molar-refractivity contribution < 1.29 is 46.9 Å². The van der Waals surface area contributed by atoms with Crippen LogP contribution in [0.4, 0.5) is 18.0 Å². The van der Waals surface area contributed by atoms with Gasteiger partial charge in [-0.1, -0.05) is 42.3 Å². The van der Waals surface area contributed by atoms with Gasteiger partial charge in [0.15, 0.2) is 5.76 Å². The molecule has 12 heteroatoms. The lowest BCUT2D eigenvalue weighted by atomic mass is 9.64. The van der Waals surface area contributed by atoms with Gasteiger partial charge in [-0.3, -0.25) is 4.79 Å². The van der Waals surface area contributed by atoms with Crippen LogP contribution in [0, 0.1) is 5.41 Å². The Kier molecular flexibility index (Phi) is 12.0. The Morgan fingerprint density at radius 3 is 2.59 bits per heavy atom. The lowest BCUT2D eigenvalue weighted by molar-refractivity contribution is -0.137. The van der Waals surface area contributed by atoms with Gasteiger partial charge in [-0.15, -0.1) is 0 Å². The summed E-state index contributed by atoms with van der Waals surface area (Å²) >= 11 is 6.31. The molecule has 7 rings (SSSR count). The number of halogens is 4. The Morgan fingerprint density at radius 2 is 1.87 bits per heavy atom. The third-order valence-corrected chi connectivity index (χ3v) is 12.1. The van der Waals surface area contributed by atoms with Crippen molar-refractivity contribution in [3.05, 3.63) is 93.2 Å². The Labute approximate surface area is 319 Å². The van der Waals surface area contributed by atoms with E-state index < -0.39 is 40.7 Å². The standard InChI is InChI=1S/C42H49ClF3NO7/c1-4-52-39(50)47(24-30-8-6-20-53-30)25-41(51)19-17-34-31-13-10-27(21-29(48)12-9-26(2)7-5-18-40(34,41)3)22-32(31)38(49)37-16-15-36(54-37)33-23-28(42(44,45)46)11-14-35(33)43/h7,10-11,13-16,22-23,29-30,34,48,51H,4-6,8-9,12,17-21,24-25H2,1-3H3. The average molecular weight is 772 g/mol. The number of amides is 1. The molecule has 54 heavy (non-hydrogen) atoms. The van der Waals surface area contributed by atoms with Crippen molar-refractivity contribution in [1.82, 2.24) is 4.90 Å². The van der Waals surface area contributed by atoms with Gasteiger partial charge in [0, 0.05) is 23.1 Å². The van der Waals surface area contributed by atoms with E-state index in [-0.39, 0.29) is 47.3 Å². The van der Waals surface area contributed by atoms with E-state index in [9.17, 15) is 33.0 Å². The highest BCUT2D eigenvalue weighted by atomic mass is 35.5. The Hall–Kier alpha value is -3.64. The van der Waals surface area contributed by atoms with Crippen LogP contribution < -0.4 is 0 Å². The van der Waals surface area contributed by atoms with Gasteiger partial charge in [0.25, 0.3) is 0 Å². The summed E-state index contributed by atoms with van der Waals surface area (Å²) in [5.74, 6) is -0.895. The number of ketones is 1. The number of nitrogens with zero attached hydrogens (tertiary/aromatic N) is 1. The number of ether oxygens (including phenoxy) is 2. The fraction of sp³-hybridized carbons (Fsp3) is 0.524. The van der Waals surface area contributed by atoms with Gasteiger partial charge in [-0.25, -0.2) is 4.79 Å². The molecule has 2 aromatic carbocycles. The van der Waals surface area contributed by atoms with Gasteiger partial charge in [-0.2, -0.15) is 13.2 Å². The van der Waals surface area contributed by atoms with Crippen molar-refractivity contribution in [1.29, 1.82) is 0 Å². The highest BCUT2D eigenvalue weighted by Crippen LogP contribution is 2.59. The molecule has 5 unspecified atom stereocenters. The minimum atomic E-state index is -4.60. The molecular formula is C42H49ClF3NO7. The van der Waals surface area contributed by atoms with Gasteiger partial charge in [0.1, 0.15) is 5.76 Å². The average Bonchev–Trinajstić information content (AvgIpc) is 3.88. The van der Waals surface area contributed by atoms with Crippen LogP contribution >= 0.6 is 11.6 Å². The number of alkyl halides is 3. The highest BCUT2D eigenvalue weighted by molar-refractivity contribution is 6.33. The molecule has 2 bridgehead atoms. The molecule has 1 aliphatic heterocycles. The molecule has 1 saturated carbocycles. The Balaban J connectivity index is 1.41. The summed E-state index contributed by atoms with van der Waals surface area (Å²) in [7, 11) is 0. The number of carbonyl (C=O) groups is 2. The van der Waals surface area contributed by atoms with Gasteiger partial charge < -0.3 is 29.0 Å². The molecule has 8 nitrogen and oxygen atoms in total. The van der Waals surface area contributed by atoms with E-state index in [1.807, 2.05) is 26.0 Å². The van der Waals surface area contributed by atoms with Gasteiger partial charge in [-0.05, 0) is 125 Å². The first-order valence-electron chi connectivity index (χ1n) is 18.9. The first-order chi connectivity index (χ1) is 25.6. The van der Waals surface area contributed by atoms with Crippen LogP contribution in [0.1, 0.15) is 111 Å². The van der Waals surface area contributed by atoms with E-state index in [1.165, 1.54) is 12.1 Å². The number of carbonyl (C=O) groups excluding carboxylic acids is 2. The second-order valence-corrected chi connectivity index (χ2v) is 15.8. The minimum absolute atomic E-state index is 0.00281. The number of hydrogen-bond acceptors (Lipinski definition) is 7. The van der Waals surface area contributed by atoms with Crippen LogP contribution in [0.3, 0.4) is 0 Å². The van der Waals surface area contributed by atoms with E-state index in [4.69, 9.17) is 25.5 Å². The molecule has 1 aromatic heterocycles. The van der Waals surface area contributed by atoms with Crippen LogP contribution in [-0.2, 0) is 22.1 Å². The zero-order valence-corrected chi connectivity index (χ0v) is 31.8. The van der Waals surface area contributed by atoms with Gasteiger partial charge in [0.05, 0.1) is 48.1 Å². The maximum Gasteiger partial charge on any atom is 0.416 e. The quantitative estimate of drug-likeness (QED) is 0.174. The van der Waals surface area contributed by atoms with Crippen LogP contribution in [0.25, 0.3) is 11.3 Å². The molecule has 5 atom stereocenters. The summed E-state index contributed by atoms with van der Waals surface area (Å²) in [6.45, 7) is 6.93. The van der Waals surface area contributed by atoms with E-state index in [0.717, 1.165) is 42.2 Å². The zero-order valence-electron chi connectivity index (χ0n) is 31.0. The lowest BCUT2D eigenvalue weighted by Gasteiger charge is -2.46. The minimum Gasteiger partial charge on any atom is -0.453 e. The summed E-state index contributed by atoms with van der Waals surface area (Å²) in [6, 6.07) is 11.3. The largest absolute Gasteiger partial charge is 0.453 e. The Morgan fingerprint density at radius 1 is 1.07 bits per heavy atom. The van der Waals surface area contributed by atoms with Crippen molar-refractivity contribution in [2.45, 2.75) is 108 Å². The summed E-state index contributed by atoms with van der Waals surface area (Å²) in [5, 5.41) is 23.8. The van der Waals surface area contributed by atoms with Gasteiger partial charge in [0.2, 0.25) is 5.78 Å². The maximum absolute atomic E-state index is 14.5. The predicted octanol–water partition coefficient (Wildman–Crippen LogP) is 9.53. The highest BCUT2D eigenvalue weighted by Gasteiger charge is 2.58. The van der Waals surface area contributed by atoms with Crippen molar-refractivity contribution >= 4 is 23.5 Å². The number of aliphatic hydroxyl groups is 2. The third kappa shape index (κ3) is 8.44.